The Hall–Kier alpha value is -2.14. The quantitative estimate of drug-likeness (QED) is 0.884. The molecule has 1 aromatic heterocycles. The Morgan fingerprint density at radius 3 is 2.33 bits per heavy atom. The molecule has 0 atom stereocenters. The molecular weight excluding hydrogens is 320 g/mol. The van der Waals surface area contributed by atoms with Crippen molar-refractivity contribution in [3.63, 3.8) is 0 Å². The van der Waals surface area contributed by atoms with Gasteiger partial charge in [0.15, 0.2) is 0 Å². The summed E-state index contributed by atoms with van der Waals surface area (Å²) in [6, 6.07) is 11.4. The van der Waals surface area contributed by atoms with Crippen LogP contribution < -0.4 is 10.6 Å². The summed E-state index contributed by atoms with van der Waals surface area (Å²) in [5, 5.41) is 7.62. The van der Waals surface area contributed by atoms with Crippen LogP contribution in [0.1, 0.15) is 47.3 Å². The second-order valence-corrected chi connectivity index (χ2v) is 7.18. The molecule has 0 bridgehead atoms. The second-order valence-electron chi connectivity index (χ2n) is 6.23. The van der Waals surface area contributed by atoms with E-state index in [1.807, 2.05) is 35.7 Å². The third-order valence-electron chi connectivity index (χ3n) is 4.81. The van der Waals surface area contributed by atoms with Crippen molar-refractivity contribution in [3.05, 3.63) is 52.2 Å². The first-order valence-corrected chi connectivity index (χ1v) is 9.21. The van der Waals surface area contributed by atoms with Crippen LogP contribution in [-0.4, -0.2) is 18.9 Å². The van der Waals surface area contributed by atoms with Crippen LogP contribution in [0.15, 0.2) is 41.8 Å². The van der Waals surface area contributed by atoms with Gasteiger partial charge in [-0.25, -0.2) is 0 Å². The van der Waals surface area contributed by atoms with E-state index in [1.165, 1.54) is 17.8 Å². The van der Waals surface area contributed by atoms with Crippen molar-refractivity contribution >= 4 is 28.8 Å². The average molecular weight is 342 g/mol. The minimum Gasteiger partial charge on any atom is -0.358 e. The monoisotopic (exact) mass is 342 g/mol. The molecule has 126 valence electrons. The van der Waals surface area contributed by atoms with E-state index in [4.69, 9.17) is 0 Å². The number of carbonyl (C=O) groups is 2. The van der Waals surface area contributed by atoms with Crippen molar-refractivity contribution in [1.82, 2.24) is 5.32 Å². The predicted octanol–water partition coefficient (Wildman–Crippen LogP) is 3.95. The summed E-state index contributed by atoms with van der Waals surface area (Å²) >= 11 is 1.42. The molecule has 1 heterocycles. The summed E-state index contributed by atoms with van der Waals surface area (Å²) in [6.45, 7) is 0. The van der Waals surface area contributed by atoms with Crippen LogP contribution in [0.4, 0.5) is 5.69 Å². The number of anilines is 1. The molecule has 0 saturated heterocycles. The zero-order valence-corrected chi connectivity index (χ0v) is 14.6. The Morgan fingerprint density at radius 2 is 1.75 bits per heavy atom. The third kappa shape index (κ3) is 3.22. The molecule has 1 saturated carbocycles. The van der Waals surface area contributed by atoms with E-state index in [0.717, 1.165) is 36.9 Å². The first kappa shape index (κ1) is 16.7. The van der Waals surface area contributed by atoms with Gasteiger partial charge in [0.25, 0.3) is 5.91 Å². The van der Waals surface area contributed by atoms with Gasteiger partial charge in [-0.2, -0.15) is 0 Å². The zero-order chi connectivity index (χ0) is 17.0. The van der Waals surface area contributed by atoms with E-state index >= 15 is 0 Å². The number of carbonyl (C=O) groups excluding carboxylic acids is 2. The number of benzene rings is 1. The molecular formula is C19H22N2O2S. The van der Waals surface area contributed by atoms with Gasteiger partial charge in [0, 0.05) is 12.7 Å². The highest BCUT2D eigenvalue weighted by atomic mass is 32.1. The SMILES string of the molecule is CNC(=O)C1(c2ccc(NC(=O)c3cccs3)cc2)CCCCC1. The summed E-state index contributed by atoms with van der Waals surface area (Å²) in [4.78, 5) is 25.3. The van der Waals surface area contributed by atoms with Crippen LogP contribution in [0, 0.1) is 0 Å². The highest BCUT2D eigenvalue weighted by Gasteiger charge is 2.40. The minimum absolute atomic E-state index is 0.0950. The van der Waals surface area contributed by atoms with Crippen molar-refractivity contribution in [2.24, 2.45) is 0 Å². The molecule has 1 aliphatic rings. The Labute approximate surface area is 146 Å². The normalized spacial score (nSPS) is 16.4. The van der Waals surface area contributed by atoms with Crippen LogP contribution in [0.2, 0.25) is 0 Å². The van der Waals surface area contributed by atoms with Gasteiger partial charge in [0.05, 0.1) is 10.3 Å². The number of nitrogens with one attached hydrogen (secondary N) is 2. The van der Waals surface area contributed by atoms with Crippen LogP contribution in [0.25, 0.3) is 0 Å². The van der Waals surface area contributed by atoms with Crippen molar-refractivity contribution in [2.45, 2.75) is 37.5 Å². The molecule has 4 nitrogen and oxygen atoms in total. The van der Waals surface area contributed by atoms with E-state index in [2.05, 4.69) is 10.6 Å². The molecule has 1 aliphatic carbocycles. The van der Waals surface area contributed by atoms with Gasteiger partial charge in [-0.05, 0) is 42.0 Å². The molecule has 1 aromatic carbocycles. The van der Waals surface area contributed by atoms with E-state index in [-0.39, 0.29) is 11.8 Å². The number of amides is 2. The topological polar surface area (TPSA) is 58.2 Å². The number of hydrogen-bond donors (Lipinski definition) is 2. The van der Waals surface area contributed by atoms with Gasteiger partial charge in [-0.15, -0.1) is 11.3 Å². The van der Waals surface area contributed by atoms with Gasteiger partial charge >= 0.3 is 0 Å². The number of likely N-dealkylation sites (N-methyl/N-ethyl adjacent to an activating group) is 1. The average Bonchev–Trinajstić information content (AvgIpc) is 3.17. The van der Waals surface area contributed by atoms with Gasteiger partial charge in [0.1, 0.15) is 0 Å². The molecule has 0 unspecified atom stereocenters. The highest BCUT2D eigenvalue weighted by molar-refractivity contribution is 7.12. The number of hydrogen-bond acceptors (Lipinski definition) is 3. The predicted molar refractivity (Wildman–Crippen MR) is 97.5 cm³/mol. The summed E-state index contributed by atoms with van der Waals surface area (Å²) in [5.41, 5.74) is 1.36. The summed E-state index contributed by atoms with van der Waals surface area (Å²) in [7, 11) is 1.70. The Bertz CT molecular complexity index is 701. The van der Waals surface area contributed by atoms with Crippen LogP contribution in [-0.2, 0) is 10.2 Å². The van der Waals surface area contributed by atoms with Gasteiger partial charge < -0.3 is 10.6 Å². The van der Waals surface area contributed by atoms with Crippen molar-refractivity contribution in [3.8, 4) is 0 Å². The fourth-order valence-electron chi connectivity index (χ4n) is 3.51. The third-order valence-corrected chi connectivity index (χ3v) is 5.68. The Balaban J connectivity index is 1.79. The Morgan fingerprint density at radius 1 is 1.04 bits per heavy atom. The molecule has 1 fully saturated rings. The standard InChI is InChI=1S/C19H22N2O2S/c1-20-18(23)19(11-3-2-4-12-19)14-7-9-15(10-8-14)21-17(22)16-6-5-13-24-16/h5-10,13H,2-4,11-12H2,1H3,(H,20,23)(H,21,22). The molecule has 0 spiro atoms. The molecule has 2 amide bonds. The fourth-order valence-corrected chi connectivity index (χ4v) is 4.13. The lowest BCUT2D eigenvalue weighted by Gasteiger charge is -2.36. The molecule has 2 aromatic rings. The van der Waals surface area contributed by atoms with Gasteiger partial charge in [-0.3, -0.25) is 9.59 Å². The minimum atomic E-state index is -0.427. The largest absolute Gasteiger partial charge is 0.358 e. The second kappa shape index (κ2) is 7.18. The maximum Gasteiger partial charge on any atom is 0.265 e. The lowest BCUT2D eigenvalue weighted by atomic mass is 9.68. The maximum atomic E-state index is 12.5. The smallest absolute Gasteiger partial charge is 0.265 e. The van der Waals surface area contributed by atoms with Gasteiger partial charge in [0.2, 0.25) is 5.91 Å². The first-order chi connectivity index (χ1) is 11.7. The molecule has 0 radical (unpaired) electrons. The van der Waals surface area contributed by atoms with Crippen LogP contribution >= 0.6 is 11.3 Å². The molecule has 3 rings (SSSR count). The first-order valence-electron chi connectivity index (χ1n) is 8.33. The van der Waals surface area contributed by atoms with E-state index < -0.39 is 5.41 Å². The molecule has 0 aliphatic heterocycles. The molecule has 5 heteroatoms. The maximum absolute atomic E-state index is 12.5. The van der Waals surface area contributed by atoms with Crippen molar-refractivity contribution in [2.75, 3.05) is 12.4 Å². The number of rotatable bonds is 4. The van der Waals surface area contributed by atoms with E-state index in [9.17, 15) is 9.59 Å². The van der Waals surface area contributed by atoms with Gasteiger partial charge in [-0.1, -0.05) is 37.5 Å². The van der Waals surface area contributed by atoms with Crippen molar-refractivity contribution < 1.29 is 9.59 Å². The number of thiophene rings is 1. The van der Waals surface area contributed by atoms with E-state index in [1.54, 1.807) is 13.1 Å². The molecule has 24 heavy (non-hydrogen) atoms. The van der Waals surface area contributed by atoms with E-state index in [0.29, 0.717) is 4.88 Å². The highest BCUT2D eigenvalue weighted by Crippen LogP contribution is 2.40. The van der Waals surface area contributed by atoms with Crippen LogP contribution in [0.5, 0.6) is 0 Å². The fraction of sp³-hybridized carbons (Fsp3) is 0.368. The molecule has 2 N–H and O–H groups in total. The summed E-state index contributed by atoms with van der Waals surface area (Å²) < 4.78 is 0. The Kier molecular flexibility index (Phi) is 5.00. The summed E-state index contributed by atoms with van der Waals surface area (Å²) in [5.74, 6) is -0.00555. The van der Waals surface area contributed by atoms with Crippen LogP contribution in [0.3, 0.4) is 0 Å². The summed E-state index contributed by atoms with van der Waals surface area (Å²) in [6.07, 6.45) is 5.10. The lowest BCUT2D eigenvalue weighted by molar-refractivity contribution is -0.127. The lowest BCUT2D eigenvalue weighted by Crippen LogP contribution is -2.44. The zero-order valence-electron chi connectivity index (χ0n) is 13.8. The van der Waals surface area contributed by atoms with Crippen molar-refractivity contribution in [1.29, 1.82) is 0 Å².